The lowest BCUT2D eigenvalue weighted by Crippen LogP contribution is -2.37. The Balaban J connectivity index is 4.26. The first kappa shape index (κ1) is 58.5. The van der Waals surface area contributed by atoms with E-state index in [1.165, 1.54) is 154 Å². The van der Waals surface area contributed by atoms with Gasteiger partial charge in [0.1, 0.15) is 19.8 Å². The van der Waals surface area contributed by atoms with Crippen molar-refractivity contribution in [2.45, 2.75) is 238 Å². The molecule has 10 heteroatoms. The number of carbonyl (C=O) groups is 2. The van der Waals surface area contributed by atoms with Crippen molar-refractivity contribution in [2.75, 3.05) is 47.5 Å². The zero-order valence-corrected chi connectivity index (χ0v) is 40.9. The Kier molecular flexibility index (Phi) is 41.7. The Morgan fingerprint density at radius 1 is 0.500 bits per heavy atom. The van der Waals surface area contributed by atoms with Gasteiger partial charge in [0.05, 0.1) is 27.7 Å². The molecule has 0 fully saturated rings. The van der Waals surface area contributed by atoms with Crippen LogP contribution in [-0.2, 0) is 32.7 Å². The molecular formula is C50H97NO8P+. The molecule has 0 aliphatic heterocycles. The van der Waals surface area contributed by atoms with Crippen LogP contribution < -0.4 is 0 Å². The lowest BCUT2D eigenvalue weighted by molar-refractivity contribution is -0.870. The summed E-state index contributed by atoms with van der Waals surface area (Å²) in [7, 11) is 1.48. The van der Waals surface area contributed by atoms with Crippen molar-refractivity contribution in [1.29, 1.82) is 0 Å². The van der Waals surface area contributed by atoms with E-state index in [2.05, 4.69) is 38.2 Å². The number of hydrogen-bond acceptors (Lipinski definition) is 7. The van der Waals surface area contributed by atoms with Crippen LogP contribution in [0.3, 0.4) is 0 Å². The van der Waals surface area contributed by atoms with Gasteiger partial charge < -0.3 is 18.9 Å². The van der Waals surface area contributed by atoms with Crippen LogP contribution in [-0.4, -0.2) is 74.9 Å². The first-order valence-electron chi connectivity index (χ1n) is 25.1. The third-order valence-corrected chi connectivity index (χ3v) is 11.9. The largest absolute Gasteiger partial charge is 0.472 e. The smallest absolute Gasteiger partial charge is 0.462 e. The molecule has 1 N–H and O–H groups in total. The fourth-order valence-corrected chi connectivity index (χ4v) is 7.75. The molecule has 0 bridgehead atoms. The summed E-state index contributed by atoms with van der Waals surface area (Å²) < 4.78 is 34.4. The topological polar surface area (TPSA) is 108 Å². The van der Waals surface area contributed by atoms with Crippen LogP contribution in [0.4, 0.5) is 0 Å². The van der Waals surface area contributed by atoms with Gasteiger partial charge in [0, 0.05) is 12.8 Å². The summed E-state index contributed by atoms with van der Waals surface area (Å²) >= 11 is 0. The van der Waals surface area contributed by atoms with E-state index in [1.807, 2.05) is 21.1 Å². The van der Waals surface area contributed by atoms with E-state index in [4.69, 9.17) is 18.5 Å². The van der Waals surface area contributed by atoms with Gasteiger partial charge in [0.2, 0.25) is 0 Å². The molecule has 0 radical (unpaired) electrons. The zero-order valence-electron chi connectivity index (χ0n) is 40.0. The molecule has 354 valence electrons. The molecule has 0 saturated carbocycles. The number of esters is 2. The molecule has 0 aromatic carbocycles. The molecule has 60 heavy (non-hydrogen) atoms. The van der Waals surface area contributed by atoms with Crippen LogP contribution >= 0.6 is 7.82 Å². The molecule has 0 aromatic rings. The van der Waals surface area contributed by atoms with E-state index < -0.39 is 26.5 Å². The maximum absolute atomic E-state index is 12.7. The van der Waals surface area contributed by atoms with Crippen molar-refractivity contribution in [2.24, 2.45) is 0 Å². The second-order valence-corrected chi connectivity index (χ2v) is 19.6. The van der Waals surface area contributed by atoms with Gasteiger partial charge >= 0.3 is 19.8 Å². The minimum atomic E-state index is -4.38. The van der Waals surface area contributed by atoms with Crippen LogP contribution in [0, 0.1) is 0 Å². The fourth-order valence-electron chi connectivity index (χ4n) is 7.00. The van der Waals surface area contributed by atoms with Gasteiger partial charge in [-0.15, -0.1) is 0 Å². The molecule has 0 aromatic heterocycles. The lowest BCUT2D eigenvalue weighted by Gasteiger charge is -2.24. The van der Waals surface area contributed by atoms with Crippen LogP contribution in [0.1, 0.15) is 232 Å². The minimum absolute atomic E-state index is 0.0321. The minimum Gasteiger partial charge on any atom is -0.462 e. The number of rotatable bonds is 46. The number of ether oxygens (including phenoxy) is 2. The van der Waals surface area contributed by atoms with Gasteiger partial charge in [0.15, 0.2) is 6.10 Å². The first-order chi connectivity index (χ1) is 29.0. The number of likely N-dealkylation sites (N-methyl/N-ethyl adjacent to an activating group) is 1. The van der Waals surface area contributed by atoms with E-state index >= 15 is 0 Å². The molecule has 1 unspecified atom stereocenters. The van der Waals surface area contributed by atoms with Gasteiger partial charge in [-0.25, -0.2) is 4.57 Å². The van der Waals surface area contributed by atoms with Crippen LogP contribution in [0.25, 0.3) is 0 Å². The summed E-state index contributed by atoms with van der Waals surface area (Å²) in [6.07, 6.45) is 47.9. The molecule has 0 saturated heterocycles. The highest BCUT2D eigenvalue weighted by Crippen LogP contribution is 2.43. The zero-order chi connectivity index (χ0) is 44.3. The van der Waals surface area contributed by atoms with Crippen LogP contribution in [0.5, 0.6) is 0 Å². The Labute approximate surface area is 370 Å². The highest BCUT2D eigenvalue weighted by molar-refractivity contribution is 7.47. The van der Waals surface area contributed by atoms with Crippen molar-refractivity contribution in [3.63, 3.8) is 0 Å². The fraction of sp³-hybridized carbons (Fsp3) is 0.880. The molecule has 2 atom stereocenters. The van der Waals surface area contributed by atoms with E-state index in [9.17, 15) is 19.0 Å². The van der Waals surface area contributed by atoms with Crippen molar-refractivity contribution in [3.8, 4) is 0 Å². The highest BCUT2D eigenvalue weighted by Gasteiger charge is 2.27. The first-order valence-corrected chi connectivity index (χ1v) is 26.6. The summed E-state index contributed by atoms with van der Waals surface area (Å²) in [5, 5.41) is 0. The van der Waals surface area contributed by atoms with E-state index in [-0.39, 0.29) is 32.0 Å². The van der Waals surface area contributed by atoms with Crippen molar-refractivity contribution in [1.82, 2.24) is 0 Å². The van der Waals surface area contributed by atoms with Gasteiger partial charge in [-0.2, -0.15) is 0 Å². The van der Waals surface area contributed by atoms with Crippen molar-refractivity contribution >= 4 is 19.8 Å². The number of quaternary nitrogens is 1. The Hall–Kier alpha value is -1.51. The normalized spacial score (nSPS) is 13.6. The number of unbranched alkanes of at least 4 members (excludes halogenated alkanes) is 28. The van der Waals surface area contributed by atoms with Crippen LogP contribution in [0.15, 0.2) is 24.3 Å². The molecule has 0 aliphatic carbocycles. The summed E-state index contributed by atoms with van der Waals surface area (Å²) in [4.78, 5) is 35.5. The Bertz CT molecular complexity index is 1070. The predicted octanol–water partition coefficient (Wildman–Crippen LogP) is 14.7. The average molecular weight is 871 g/mol. The molecule has 9 nitrogen and oxygen atoms in total. The molecule has 0 amide bonds. The van der Waals surface area contributed by atoms with Gasteiger partial charge in [-0.3, -0.25) is 18.6 Å². The summed E-state index contributed by atoms with van der Waals surface area (Å²) in [5.41, 5.74) is 0. The third kappa shape index (κ3) is 46.0. The van der Waals surface area contributed by atoms with E-state index in [0.717, 1.165) is 44.9 Å². The number of hydrogen-bond donors (Lipinski definition) is 1. The Morgan fingerprint density at radius 3 is 1.23 bits per heavy atom. The summed E-state index contributed by atoms with van der Waals surface area (Å²) in [6, 6.07) is 0. The molecule has 0 heterocycles. The third-order valence-electron chi connectivity index (χ3n) is 11.0. The van der Waals surface area contributed by atoms with Gasteiger partial charge in [-0.05, 0) is 64.2 Å². The lowest BCUT2D eigenvalue weighted by atomic mass is 10.1. The monoisotopic (exact) mass is 871 g/mol. The average Bonchev–Trinajstić information content (AvgIpc) is 3.20. The predicted molar refractivity (Wildman–Crippen MR) is 252 cm³/mol. The molecular weight excluding hydrogens is 774 g/mol. The molecule has 0 aliphatic rings. The number of nitrogens with zero attached hydrogens (tertiary/aromatic N) is 1. The second kappa shape index (κ2) is 42.8. The van der Waals surface area contributed by atoms with Gasteiger partial charge in [-0.1, -0.05) is 179 Å². The number of phosphoric acid groups is 1. The maximum Gasteiger partial charge on any atom is 0.472 e. The van der Waals surface area contributed by atoms with Crippen molar-refractivity contribution < 1.29 is 42.1 Å². The van der Waals surface area contributed by atoms with Gasteiger partial charge in [0.25, 0.3) is 0 Å². The molecule has 0 spiro atoms. The van der Waals surface area contributed by atoms with E-state index in [1.54, 1.807) is 0 Å². The van der Waals surface area contributed by atoms with Crippen LogP contribution in [0.2, 0.25) is 0 Å². The number of allylic oxidation sites excluding steroid dienone is 4. The second-order valence-electron chi connectivity index (χ2n) is 18.2. The SMILES string of the molecule is CCCCCCCC/C=C\CCCCCCCCCCCC(=O)OC[C@H](COP(=O)(O)OCC[N+](C)(C)C)OC(=O)CCCCCCCCC/C=C\CCCCCCCC. The Morgan fingerprint density at radius 2 is 0.850 bits per heavy atom. The standard InChI is InChI=1S/C50H96NO8P/c1-6-8-10-12-14-16-18-20-22-24-25-27-28-30-32-34-36-38-40-42-49(52)56-46-48(47-58-60(54,55)57-45-44-51(3,4)5)59-50(53)43-41-39-37-35-33-31-29-26-23-21-19-17-15-13-11-9-7-2/h20-23,48H,6-19,24-47H2,1-5H3/p+1/b22-20-,23-21-/t48-/m1/s1. The number of phosphoric ester groups is 1. The molecule has 0 rings (SSSR count). The highest BCUT2D eigenvalue weighted by atomic mass is 31.2. The maximum atomic E-state index is 12.7. The quantitative estimate of drug-likeness (QED) is 0.0212. The van der Waals surface area contributed by atoms with Crippen molar-refractivity contribution in [3.05, 3.63) is 24.3 Å². The number of carbonyl (C=O) groups excluding carboxylic acids is 2. The summed E-state index contributed by atoms with van der Waals surface area (Å²) in [5.74, 6) is -0.797. The summed E-state index contributed by atoms with van der Waals surface area (Å²) in [6.45, 7) is 4.44. The van der Waals surface area contributed by atoms with E-state index in [0.29, 0.717) is 17.4 Å².